The number of aryl methyl sites for hydroxylation is 1. The summed E-state index contributed by atoms with van der Waals surface area (Å²) < 4.78 is 0. The third-order valence-electron chi connectivity index (χ3n) is 2.47. The van der Waals surface area contributed by atoms with Gasteiger partial charge in [-0.1, -0.05) is 41.4 Å². The van der Waals surface area contributed by atoms with Gasteiger partial charge in [0.05, 0.1) is 17.6 Å². The second kappa shape index (κ2) is 5.06. The lowest BCUT2D eigenvalue weighted by Crippen LogP contribution is -2.03. The lowest BCUT2D eigenvalue weighted by atomic mass is 10.1. The number of aromatic nitrogens is 1. The molecule has 3 nitrogen and oxygen atoms in total. The Labute approximate surface area is 106 Å². The molecule has 4 heteroatoms. The van der Waals surface area contributed by atoms with E-state index in [0.717, 1.165) is 5.69 Å². The fourth-order valence-corrected chi connectivity index (χ4v) is 1.77. The first kappa shape index (κ1) is 11.7. The summed E-state index contributed by atoms with van der Waals surface area (Å²) in [6, 6.07) is 10.0. The van der Waals surface area contributed by atoms with Gasteiger partial charge in [-0.2, -0.15) is 0 Å². The highest BCUT2D eigenvalue weighted by molar-refractivity contribution is 6.29. The van der Waals surface area contributed by atoms with E-state index < -0.39 is 0 Å². The Morgan fingerprint density at radius 2 is 2.18 bits per heavy atom. The maximum Gasteiger partial charge on any atom is 0.131 e. The lowest BCUT2D eigenvalue weighted by molar-refractivity contribution is 1.14. The molecular weight excluding hydrogens is 234 g/mol. The van der Waals surface area contributed by atoms with Crippen LogP contribution in [0.4, 0.5) is 11.4 Å². The SMILES string of the molecule is Cc1cccc(CNc2cc(Cl)ncc2N)c1. The third kappa shape index (κ3) is 3.11. The van der Waals surface area contributed by atoms with Gasteiger partial charge in [0.25, 0.3) is 0 Å². The van der Waals surface area contributed by atoms with Crippen LogP contribution in [0.15, 0.2) is 36.5 Å². The van der Waals surface area contributed by atoms with Gasteiger partial charge in [-0.25, -0.2) is 4.98 Å². The van der Waals surface area contributed by atoms with E-state index in [4.69, 9.17) is 17.3 Å². The van der Waals surface area contributed by atoms with Crippen LogP contribution in [0.3, 0.4) is 0 Å². The fraction of sp³-hybridized carbons (Fsp3) is 0.154. The average molecular weight is 248 g/mol. The van der Waals surface area contributed by atoms with E-state index in [1.54, 1.807) is 12.3 Å². The van der Waals surface area contributed by atoms with Crippen LogP contribution in [0, 0.1) is 6.92 Å². The quantitative estimate of drug-likeness (QED) is 0.819. The Balaban J connectivity index is 2.09. The maximum atomic E-state index is 5.82. The van der Waals surface area contributed by atoms with E-state index >= 15 is 0 Å². The van der Waals surface area contributed by atoms with Crippen LogP contribution >= 0.6 is 11.6 Å². The van der Waals surface area contributed by atoms with Crippen LogP contribution in [-0.2, 0) is 6.54 Å². The molecule has 0 bridgehead atoms. The molecule has 0 unspecified atom stereocenters. The second-order valence-corrected chi connectivity index (χ2v) is 4.32. The fourth-order valence-electron chi connectivity index (χ4n) is 1.61. The number of nitrogens with two attached hydrogens (primary N) is 1. The van der Waals surface area contributed by atoms with Gasteiger partial charge in [0.15, 0.2) is 0 Å². The summed E-state index contributed by atoms with van der Waals surface area (Å²) in [5, 5.41) is 3.68. The Hall–Kier alpha value is -1.74. The predicted octanol–water partition coefficient (Wildman–Crippen LogP) is 3.24. The van der Waals surface area contributed by atoms with Crippen LogP contribution < -0.4 is 11.1 Å². The normalized spacial score (nSPS) is 10.2. The molecule has 2 aromatic rings. The van der Waals surface area contributed by atoms with Crippen LogP contribution in [-0.4, -0.2) is 4.98 Å². The predicted molar refractivity (Wildman–Crippen MR) is 72.2 cm³/mol. The number of anilines is 2. The molecule has 0 radical (unpaired) electrons. The highest BCUT2D eigenvalue weighted by Crippen LogP contribution is 2.21. The van der Waals surface area contributed by atoms with Crippen LogP contribution in [0.1, 0.15) is 11.1 Å². The molecule has 0 saturated carbocycles. The minimum absolute atomic E-state index is 0.436. The molecule has 88 valence electrons. The number of nitrogens with zero attached hydrogens (tertiary/aromatic N) is 1. The van der Waals surface area contributed by atoms with Crippen molar-refractivity contribution in [2.45, 2.75) is 13.5 Å². The molecule has 1 aromatic carbocycles. The van der Waals surface area contributed by atoms with E-state index in [2.05, 4.69) is 35.4 Å². The van der Waals surface area contributed by atoms with Crippen molar-refractivity contribution in [3.8, 4) is 0 Å². The number of nitrogens with one attached hydrogen (secondary N) is 1. The van der Waals surface area contributed by atoms with Crippen LogP contribution in [0.2, 0.25) is 5.15 Å². The number of halogens is 1. The molecule has 1 aromatic heterocycles. The van der Waals surface area contributed by atoms with Gasteiger partial charge in [0, 0.05) is 12.6 Å². The smallest absolute Gasteiger partial charge is 0.131 e. The number of benzene rings is 1. The molecule has 0 atom stereocenters. The first-order chi connectivity index (χ1) is 8.15. The number of pyridine rings is 1. The first-order valence-corrected chi connectivity index (χ1v) is 5.73. The van der Waals surface area contributed by atoms with Gasteiger partial charge in [0.2, 0.25) is 0 Å². The second-order valence-electron chi connectivity index (χ2n) is 3.94. The van der Waals surface area contributed by atoms with E-state index in [1.807, 2.05) is 6.07 Å². The topological polar surface area (TPSA) is 50.9 Å². The van der Waals surface area contributed by atoms with Gasteiger partial charge in [0.1, 0.15) is 5.15 Å². The highest BCUT2D eigenvalue weighted by Gasteiger charge is 2.01. The van der Waals surface area contributed by atoms with E-state index in [1.165, 1.54) is 11.1 Å². The summed E-state index contributed by atoms with van der Waals surface area (Å²) in [4.78, 5) is 3.91. The minimum atomic E-state index is 0.436. The highest BCUT2D eigenvalue weighted by atomic mass is 35.5. The molecule has 0 saturated heterocycles. The van der Waals surface area contributed by atoms with E-state index in [9.17, 15) is 0 Å². The molecule has 0 fully saturated rings. The van der Waals surface area contributed by atoms with Gasteiger partial charge in [-0.15, -0.1) is 0 Å². The van der Waals surface area contributed by atoms with Gasteiger partial charge in [-0.05, 0) is 12.5 Å². The summed E-state index contributed by atoms with van der Waals surface area (Å²) in [6.45, 7) is 2.79. The zero-order valence-corrected chi connectivity index (χ0v) is 10.3. The maximum absolute atomic E-state index is 5.82. The zero-order valence-electron chi connectivity index (χ0n) is 9.57. The van der Waals surface area contributed by atoms with E-state index in [-0.39, 0.29) is 0 Å². The number of hydrogen-bond acceptors (Lipinski definition) is 3. The molecule has 17 heavy (non-hydrogen) atoms. The van der Waals surface area contributed by atoms with Crippen molar-refractivity contribution < 1.29 is 0 Å². The number of rotatable bonds is 3. The summed E-state index contributed by atoms with van der Waals surface area (Å²) in [5.41, 5.74) is 9.66. The van der Waals surface area contributed by atoms with Crippen molar-refractivity contribution in [2.75, 3.05) is 11.1 Å². The number of hydrogen-bond donors (Lipinski definition) is 2. The molecule has 2 rings (SSSR count). The lowest BCUT2D eigenvalue weighted by Gasteiger charge is -2.09. The molecule has 1 heterocycles. The third-order valence-corrected chi connectivity index (χ3v) is 2.67. The molecule has 0 amide bonds. The summed E-state index contributed by atoms with van der Waals surface area (Å²) in [5.74, 6) is 0. The van der Waals surface area contributed by atoms with E-state index in [0.29, 0.717) is 17.4 Å². The Morgan fingerprint density at radius 1 is 1.35 bits per heavy atom. The summed E-state index contributed by atoms with van der Waals surface area (Å²) in [7, 11) is 0. The monoisotopic (exact) mass is 247 g/mol. The summed E-state index contributed by atoms with van der Waals surface area (Å²) in [6.07, 6.45) is 1.56. The molecule has 0 aliphatic heterocycles. The molecule has 0 spiro atoms. The largest absolute Gasteiger partial charge is 0.396 e. The standard InChI is InChI=1S/C13H14ClN3/c1-9-3-2-4-10(5-9)7-16-12-6-13(14)17-8-11(12)15/h2-6,8H,7,15H2,1H3,(H,16,17). The number of nitrogen functional groups attached to an aromatic ring is 1. The Bertz CT molecular complexity index is 526. The first-order valence-electron chi connectivity index (χ1n) is 5.35. The Morgan fingerprint density at radius 3 is 2.94 bits per heavy atom. The van der Waals surface area contributed by atoms with Gasteiger partial charge in [-0.3, -0.25) is 0 Å². The molecule has 0 aliphatic rings. The van der Waals surface area contributed by atoms with Crippen LogP contribution in [0.25, 0.3) is 0 Å². The van der Waals surface area contributed by atoms with Crippen molar-refractivity contribution in [2.24, 2.45) is 0 Å². The van der Waals surface area contributed by atoms with Crippen molar-refractivity contribution in [3.63, 3.8) is 0 Å². The van der Waals surface area contributed by atoms with Crippen molar-refractivity contribution in [1.82, 2.24) is 4.98 Å². The van der Waals surface area contributed by atoms with Crippen molar-refractivity contribution in [1.29, 1.82) is 0 Å². The van der Waals surface area contributed by atoms with Gasteiger partial charge < -0.3 is 11.1 Å². The zero-order chi connectivity index (χ0) is 12.3. The summed E-state index contributed by atoms with van der Waals surface area (Å²) >= 11 is 5.82. The minimum Gasteiger partial charge on any atom is -0.396 e. The van der Waals surface area contributed by atoms with Gasteiger partial charge >= 0.3 is 0 Å². The average Bonchev–Trinajstić information content (AvgIpc) is 2.30. The molecule has 0 aliphatic carbocycles. The van der Waals surface area contributed by atoms with Crippen LogP contribution in [0.5, 0.6) is 0 Å². The molecular formula is C13H14ClN3. The van der Waals surface area contributed by atoms with Crippen molar-refractivity contribution in [3.05, 3.63) is 52.8 Å². The Kier molecular flexibility index (Phi) is 3.49. The van der Waals surface area contributed by atoms with Crippen molar-refractivity contribution >= 4 is 23.0 Å². The molecule has 3 N–H and O–H groups in total.